The number of nitrogens with zero attached hydrogens (tertiary/aromatic N) is 2. The maximum absolute atomic E-state index is 12.4. The van der Waals surface area contributed by atoms with Gasteiger partial charge in [0.15, 0.2) is 0 Å². The van der Waals surface area contributed by atoms with Crippen LogP contribution < -0.4 is 10.0 Å². The van der Waals surface area contributed by atoms with Crippen molar-refractivity contribution in [3.8, 4) is 0 Å². The first-order valence-corrected chi connectivity index (χ1v) is 11.9. The van der Waals surface area contributed by atoms with E-state index in [2.05, 4.69) is 20.0 Å². The Morgan fingerprint density at radius 1 is 1.23 bits per heavy atom. The van der Waals surface area contributed by atoms with Crippen LogP contribution in [0.4, 0.5) is 11.4 Å². The van der Waals surface area contributed by atoms with Crippen molar-refractivity contribution in [3.63, 3.8) is 0 Å². The molecule has 2 heterocycles. The highest BCUT2D eigenvalue weighted by Gasteiger charge is 2.31. The van der Waals surface area contributed by atoms with Gasteiger partial charge in [0.1, 0.15) is 5.92 Å². The number of sulfonamides is 1. The molecule has 0 aliphatic carbocycles. The van der Waals surface area contributed by atoms with E-state index in [-0.39, 0.29) is 37.2 Å². The molecule has 31 heavy (non-hydrogen) atoms. The first-order chi connectivity index (χ1) is 15.0. The molecular formula is C20H20N4O5S2. The average Bonchev–Trinajstić information content (AvgIpc) is 3.35. The number of carbonyl (C=O) groups excluding carboxylic acids is 1. The maximum atomic E-state index is 12.4. The molecule has 1 atom stereocenters. The van der Waals surface area contributed by atoms with Crippen molar-refractivity contribution in [1.29, 1.82) is 0 Å². The van der Waals surface area contributed by atoms with E-state index in [0.29, 0.717) is 5.69 Å². The zero-order chi connectivity index (χ0) is 21.8. The van der Waals surface area contributed by atoms with Crippen LogP contribution in [0.3, 0.4) is 0 Å². The van der Waals surface area contributed by atoms with Crippen molar-refractivity contribution in [2.45, 2.75) is 10.8 Å². The molecule has 3 aromatic rings. The van der Waals surface area contributed by atoms with Gasteiger partial charge in [-0.05, 0) is 36.4 Å². The third kappa shape index (κ3) is 4.65. The SMILES string of the molecule is O=C1Nc2ccc3ncsc3c2C1C=Nc1ccc(S(=O)(=O)NCCOCCO)cc1. The fourth-order valence-electron chi connectivity index (χ4n) is 3.22. The predicted molar refractivity (Wildman–Crippen MR) is 119 cm³/mol. The van der Waals surface area contributed by atoms with Crippen LogP contribution in [0.25, 0.3) is 10.2 Å². The lowest BCUT2D eigenvalue weighted by Gasteiger charge is -2.07. The second kappa shape index (κ2) is 9.20. The van der Waals surface area contributed by atoms with Gasteiger partial charge in [0, 0.05) is 24.0 Å². The number of aromatic nitrogens is 1. The van der Waals surface area contributed by atoms with Crippen molar-refractivity contribution in [2.75, 3.05) is 31.7 Å². The Morgan fingerprint density at radius 2 is 2.03 bits per heavy atom. The largest absolute Gasteiger partial charge is 0.394 e. The molecule has 2 aromatic carbocycles. The van der Waals surface area contributed by atoms with Gasteiger partial charge in [-0.3, -0.25) is 9.79 Å². The Balaban J connectivity index is 1.46. The van der Waals surface area contributed by atoms with Crippen molar-refractivity contribution in [1.82, 2.24) is 9.71 Å². The zero-order valence-corrected chi connectivity index (χ0v) is 17.9. The van der Waals surface area contributed by atoms with Crippen LogP contribution in [0.1, 0.15) is 11.5 Å². The molecule has 0 saturated heterocycles. The summed E-state index contributed by atoms with van der Waals surface area (Å²) in [6, 6.07) is 9.77. The number of fused-ring (bicyclic) bond motifs is 3. The van der Waals surface area contributed by atoms with Crippen LogP contribution in [0.5, 0.6) is 0 Å². The minimum Gasteiger partial charge on any atom is -0.394 e. The lowest BCUT2D eigenvalue weighted by molar-refractivity contribution is -0.115. The highest BCUT2D eigenvalue weighted by Crippen LogP contribution is 2.39. The Hall–Kier alpha value is -2.70. The van der Waals surface area contributed by atoms with E-state index in [0.717, 1.165) is 21.5 Å². The number of ether oxygens (including phenoxy) is 1. The molecule has 4 rings (SSSR count). The summed E-state index contributed by atoms with van der Waals surface area (Å²) in [6.45, 7) is 0.314. The number of hydrogen-bond donors (Lipinski definition) is 3. The van der Waals surface area contributed by atoms with Crippen molar-refractivity contribution in [3.05, 3.63) is 47.5 Å². The van der Waals surface area contributed by atoms with E-state index in [1.54, 1.807) is 23.9 Å². The molecule has 3 N–H and O–H groups in total. The molecule has 1 aromatic heterocycles. The normalized spacial score (nSPS) is 16.2. The predicted octanol–water partition coefficient (Wildman–Crippen LogP) is 2.02. The number of benzene rings is 2. The number of nitrogens with one attached hydrogen (secondary N) is 2. The molecule has 0 fully saturated rings. The molecule has 1 aliphatic heterocycles. The van der Waals surface area contributed by atoms with Crippen LogP contribution >= 0.6 is 11.3 Å². The summed E-state index contributed by atoms with van der Waals surface area (Å²) in [6.07, 6.45) is 1.57. The minimum atomic E-state index is -3.68. The molecule has 0 radical (unpaired) electrons. The number of hydrogen-bond acceptors (Lipinski definition) is 8. The number of aliphatic imine (C=N–C) groups is 1. The van der Waals surface area contributed by atoms with Crippen molar-refractivity contribution < 1.29 is 23.1 Å². The standard InChI is InChI=1S/C20H20N4O5S2/c25-8-10-29-9-7-23-31(27,28)14-3-1-13(2-4-14)21-11-15-18-16(24-20(15)26)5-6-17-19(18)30-12-22-17/h1-6,11-12,15,23,25H,7-10H2,(H,24,26). The molecular weight excluding hydrogens is 440 g/mol. The number of aliphatic hydroxyl groups is 1. The van der Waals surface area contributed by atoms with E-state index in [4.69, 9.17) is 9.84 Å². The van der Waals surface area contributed by atoms with Gasteiger partial charge in [-0.2, -0.15) is 0 Å². The van der Waals surface area contributed by atoms with E-state index >= 15 is 0 Å². The molecule has 1 aliphatic rings. The van der Waals surface area contributed by atoms with Crippen molar-refractivity contribution >= 4 is 55.1 Å². The Kier molecular flexibility index (Phi) is 6.39. The minimum absolute atomic E-state index is 0.101. The monoisotopic (exact) mass is 460 g/mol. The van der Waals surface area contributed by atoms with Gasteiger partial charge in [-0.25, -0.2) is 18.1 Å². The maximum Gasteiger partial charge on any atom is 0.240 e. The molecule has 11 heteroatoms. The van der Waals surface area contributed by atoms with Crippen LogP contribution in [-0.2, 0) is 19.6 Å². The number of carbonyl (C=O) groups is 1. The lowest BCUT2D eigenvalue weighted by atomic mass is 10.0. The number of thiazole rings is 1. The molecule has 162 valence electrons. The highest BCUT2D eigenvalue weighted by molar-refractivity contribution is 7.89. The van der Waals surface area contributed by atoms with Gasteiger partial charge in [-0.1, -0.05) is 0 Å². The smallest absolute Gasteiger partial charge is 0.240 e. The van der Waals surface area contributed by atoms with Gasteiger partial charge >= 0.3 is 0 Å². The van der Waals surface area contributed by atoms with Gasteiger partial charge in [0.2, 0.25) is 15.9 Å². The molecule has 0 spiro atoms. The summed E-state index contributed by atoms with van der Waals surface area (Å²) in [5.74, 6) is -0.699. The second-order valence-corrected chi connectivity index (χ2v) is 9.32. The first kappa shape index (κ1) is 21.5. The van der Waals surface area contributed by atoms with E-state index in [1.165, 1.54) is 23.5 Å². The Bertz CT molecular complexity index is 1220. The highest BCUT2D eigenvalue weighted by atomic mass is 32.2. The van der Waals surface area contributed by atoms with Crippen LogP contribution in [-0.4, -0.2) is 57.0 Å². The lowest BCUT2D eigenvalue weighted by Crippen LogP contribution is -2.27. The Labute approximate surface area is 182 Å². The molecule has 0 saturated carbocycles. The number of rotatable bonds is 9. The summed E-state index contributed by atoms with van der Waals surface area (Å²) in [5, 5.41) is 11.5. The van der Waals surface area contributed by atoms with E-state index in [9.17, 15) is 13.2 Å². The molecule has 1 unspecified atom stereocenters. The molecule has 0 bridgehead atoms. The van der Waals surface area contributed by atoms with E-state index < -0.39 is 15.9 Å². The summed E-state index contributed by atoms with van der Waals surface area (Å²) >= 11 is 1.48. The number of amides is 1. The average molecular weight is 461 g/mol. The fraction of sp³-hybridized carbons (Fsp3) is 0.250. The van der Waals surface area contributed by atoms with Crippen LogP contribution in [0, 0.1) is 0 Å². The van der Waals surface area contributed by atoms with E-state index in [1.807, 2.05) is 12.1 Å². The fourth-order valence-corrected chi connectivity index (χ4v) is 5.11. The van der Waals surface area contributed by atoms with Gasteiger partial charge < -0.3 is 15.2 Å². The van der Waals surface area contributed by atoms with Crippen LogP contribution in [0.15, 0.2) is 51.8 Å². The van der Waals surface area contributed by atoms with Gasteiger partial charge in [0.25, 0.3) is 0 Å². The third-order valence-electron chi connectivity index (χ3n) is 4.68. The first-order valence-electron chi connectivity index (χ1n) is 9.49. The summed E-state index contributed by atoms with van der Waals surface area (Å²) in [5.41, 5.74) is 4.73. The second-order valence-electron chi connectivity index (χ2n) is 6.70. The van der Waals surface area contributed by atoms with Crippen LogP contribution in [0.2, 0.25) is 0 Å². The quantitative estimate of drug-likeness (QED) is 0.331. The number of anilines is 1. The third-order valence-corrected chi connectivity index (χ3v) is 7.04. The molecule has 1 amide bonds. The van der Waals surface area contributed by atoms with Gasteiger partial charge in [-0.15, -0.1) is 11.3 Å². The summed E-state index contributed by atoms with van der Waals surface area (Å²) < 4.78 is 33.0. The summed E-state index contributed by atoms with van der Waals surface area (Å²) in [7, 11) is -3.68. The molecule has 9 nitrogen and oxygen atoms in total. The zero-order valence-electron chi connectivity index (χ0n) is 16.3. The topological polar surface area (TPSA) is 130 Å². The van der Waals surface area contributed by atoms with Gasteiger partial charge in [0.05, 0.1) is 46.1 Å². The summed E-state index contributed by atoms with van der Waals surface area (Å²) in [4.78, 5) is 21.2. The number of aliphatic hydroxyl groups excluding tert-OH is 1. The van der Waals surface area contributed by atoms with Crippen molar-refractivity contribution in [2.24, 2.45) is 4.99 Å². The Morgan fingerprint density at radius 3 is 2.81 bits per heavy atom.